The van der Waals surface area contributed by atoms with Crippen molar-refractivity contribution in [2.24, 2.45) is 23.7 Å². The van der Waals surface area contributed by atoms with Crippen LogP contribution in [-0.2, 0) is 30.8 Å². The second-order valence-electron chi connectivity index (χ2n) is 14.8. The summed E-state index contributed by atoms with van der Waals surface area (Å²) < 4.78 is 41.2. The maximum atomic E-state index is 15.5. The number of hydrazine groups is 1. The zero-order chi connectivity index (χ0) is 40.1. The number of carbonyl (C=O) groups excluding carboxylic acids is 4. The van der Waals surface area contributed by atoms with Crippen molar-refractivity contribution in [1.29, 1.82) is 0 Å². The molecule has 0 spiro atoms. The molecule has 57 heavy (non-hydrogen) atoms. The number of alkyl halides is 3. The van der Waals surface area contributed by atoms with Crippen molar-refractivity contribution in [2.45, 2.75) is 30.4 Å². The Kier molecular flexibility index (Phi) is 8.53. The fourth-order valence-corrected chi connectivity index (χ4v) is 10.2. The van der Waals surface area contributed by atoms with Gasteiger partial charge in [0.25, 0.3) is 11.8 Å². The smallest absolute Gasteiger partial charge is 0.433 e. The van der Waals surface area contributed by atoms with Crippen molar-refractivity contribution in [3.63, 3.8) is 0 Å². The minimum atomic E-state index is -4.83. The summed E-state index contributed by atoms with van der Waals surface area (Å²) in [5, 5.41) is 15.2. The summed E-state index contributed by atoms with van der Waals surface area (Å²) >= 11 is 12.7. The molecule has 3 fully saturated rings. The van der Waals surface area contributed by atoms with Gasteiger partial charge in [0, 0.05) is 28.9 Å². The van der Waals surface area contributed by atoms with E-state index in [0.29, 0.717) is 33.2 Å². The molecule has 2 aliphatic carbocycles. The number of benzene rings is 4. The average molecular weight is 812 g/mol. The van der Waals surface area contributed by atoms with Crippen LogP contribution >= 0.6 is 23.2 Å². The Morgan fingerprint density at radius 2 is 1.58 bits per heavy atom. The molecule has 4 aromatic carbocycles. The van der Waals surface area contributed by atoms with E-state index in [0.717, 1.165) is 26.4 Å². The first-order valence-corrected chi connectivity index (χ1v) is 19.0. The van der Waals surface area contributed by atoms with Gasteiger partial charge in [0.2, 0.25) is 11.8 Å². The summed E-state index contributed by atoms with van der Waals surface area (Å²) in [6, 6.07) is 27.8. The quantitative estimate of drug-likeness (QED) is 0.140. The number of amides is 4. The molecule has 3 heterocycles. The summed E-state index contributed by atoms with van der Waals surface area (Å²) in [5.74, 6) is -7.95. The highest BCUT2D eigenvalue weighted by molar-refractivity contribution is 6.33. The Hall–Kier alpha value is -5.72. The van der Waals surface area contributed by atoms with E-state index in [1.165, 1.54) is 13.1 Å². The molecule has 4 aliphatic rings. The van der Waals surface area contributed by atoms with Gasteiger partial charge in [-0.25, -0.2) is 9.88 Å². The van der Waals surface area contributed by atoms with Crippen LogP contribution in [0.25, 0.3) is 10.8 Å². The number of fused-ring (bicyclic) bond motifs is 5. The van der Waals surface area contributed by atoms with Gasteiger partial charge in [-0.2, -0.15) is 18.2 Å². The lowest BCUT2D eigenvalue weighted by Crippen LogP contribution is -2.53. The number of hydrogen-bond donors (Lipinski definition) is 1. The van der Waals surface area contributed by atoms with Crippen LogP contribution in [0.15, 0.2) is 115 Å². The summed E-state index contributed by atoms with van der Waals surface area (Å²) in [6.45, 7) is 0. The van der Waals surface area contributed by atoms with Crippen molar-refractivity contribution in [3.8, 4) is 5.75 Å². The molecule has 9 nitrogen and oxygen atoms in total. The van der Waals surface area contributed by atoms with Crippen LogP contribution in [0, 0.1) is 23.7 Å². The molecule has 0 bridgehead atoms. The van der Waals surface area contributed by atoms with Crippen molar-refractivity contribution in [3.05, 3.63) is 142 Å². The first-order valence-electron chi connectivity index (χ1n) is 18.2. The molecule has 1 N–H and O–H groups in total. The van der Waals surface area contributed by atoms with Gasteiger partial charge in [0.1, 0.15) is 11.4 Å². The topological polar surface area (TPSA) is 111 Å². The molecular formula is C43H31Cl2F3N4O5. The number of carbonyl (C=O) groups is 4. The fourth-order valence-electron chi connectivity index (χ4n) is 9.78. The van der Waals surface area contributed by atoms with Gasteiger partial charge in [-0.3, -0.25) is 24.2 Å². The number of phenolic OH excluding ortho intramolecular Hbond substituents is 1. The van der Waals surface area contributed by atoms with Crippen LogP contribution in [0.1, 0.15) is 35.6 Å². The Bertz CT molecular complexity index is 2590. The molecule has 9 rings (SSSR count). The Balaban J connectivity index is 1.24. The van der Waals surface area contributed by atoms with Crippen LogP contribution in [0.3, 0.4) is 0 Å². The SMILES string of the molecule is CN(c1nc(C(F)(F)F)ccc1Cl)N1C(=O)C2CC=C3C(CC4C(=O)N(c5cccc(Cl)c5)C(=O)C4(c4ccccc4)C3c3ccc4ccccc4c3O)C2C1=O. The van der Waals surface area contributed by atoms with Gasteiger partial charge >= 0.3 is 6.18 Å². The summed E-state index contributed by atoms with van der Waals surface area (Å²) in [6.07, 6.45) is -2.99. The first kappa shape index (κ1) is 36.9. The van der Waals surface area contributed by atoms with E-state index in [1.807, 2.05) is 24.3 Å². The predicted molar refractivity (Wildman–Crippen MR) is 206 cm³/mol. The van der Waals surface area contributed by atoms with E-state index in [2.05, 4.69) is 4.98 Å². The third-order valence-corrected chi connectivity index (χ3v) is 12.6. The molecule has 1 saturated carbocycles. The van der Waals surface area contributed by atoms with Gasteiger partial charge in [0.15, 0.2) is 5.82 Å². The van der Waals surface area contributed by atoms with Crippen molar-refractivity contribution in [1.82, 2.24) is 9.99 Å². The van der Waals surface area contributed by atoms with Crippen molar-refractivity contribution >= 4 is 69.1 Å². The second kappa shape index (κ2) is 13.2. The number of anilines is 2. The number of phenols is 1. The van der Waals surface area contributed by atoms with Gasteiger partial charge in [-0.1, -0.05) is 108 Å². The number of halogens is 5. The van der Waals surface area contributed by atoms with Crippen LogP contribution in [0.2, 0.25) is 10.0 Å². The second-order valence-corrected chi connectivity index (χ2v) is 15.7. The molecule has 6 atom stereocenters. The number of hydrogen-bond acceptors (Lipinski definition) is 7. The molecule has 6 unspecified atom stereocenters. The molecule has 288 valence electrons. The summed E-state index contributed by atoms with van der Waals surface area (Å²) in [4.78, 5) is 64.3. The normalized spacial score (nSPS) is 25.7. The standard InChI is InChI=1S/C43H31Cl2F3N4O5/c1-50(37-32(45)18-19-33(49-37)43(46,47)48)52-38(54)28-17-16-27-30(34(28)40(52)56)21-31-39(55)51(25-12-7-11-24(44)20-25)41(57)42(31,23-9-3-2-4-10-23)35(27)29-15-14-22-8-5-6-13-26(22)36(29)53/h2-16,18-20,28,30-31,34-35,53H,17,21H2,1H3. The number of aromatic hydroxyl groups is 1. The highest BCUT2D eigenvalue weighted by Crippen LogP contribution is 2.65. The molecule has 14 heteroatoms. The van der Waals surface area contributed by atoms with E-state index in [1.54, 1.807) is 66.7 Å². The van der Waals surface area contributed by atoms with E-state index in [4.69, 9.17) is 23.2 Å². The lowest BCUT2D eigenvalue weighted by Gasteiger charge is -2.50. The van der Waals surface area contributed by atoms with Gasteiger partial charge in [-0.15, -0.1) is 0 Å². The monoisotopic (exact) mass is 810 g/mol. The van der Waals surface area contributed by atoms with Crippen LogP contribution in [0.5, 0.6) is 5.75 Å². The maximum absolute atomic E-state index is 15.5. The zero-order valence-electron chi connectivity index (χ0n) is 30.0. The highest BCUT2D eigenvalue weighted by atomic mass is 35.5. The van der Waals surface area contributed by atoms with Gasteiger partial charge in [-0.05, 0) is 60.0 Å². The van der Waals surface area contributed by atoms with Gasteiger partial charge < -0.3 is 5.11 Å². The van der Waals surface area contributed by atoms with E-state index < -0.39 is 76.3 Å². The lowest BCUT2D eigenvalue weighted by molar-refractivity contribution is -0.141. The van der Waals surface area contributed by atoms with Crippen molar-refractivity contribution < 1.29 is 37.5 Å². The fraction of sp³-hybridized carbons (Fsp3) is 0.233. The lowest BCUT2D eigenvalue weighted by atomic mass is 9.49. The van der Waals surface area contributed by atoms with Crippen molar-refractivity contribution in [2.75, 3.05) is 17.0 Å². The molecule has 2 saturated heterocycles. The molecule has 5 aromatic rings. The summed E-state index contributed by atoms with van der Waals surface area (Å²) in [7, 11) is 1.25. The minimum absolute atomic E-state index is 0.0342. The van der Waals surface area contributed by atoms with Crippen LogP contribution in [0.4, 0.5) is 24.7 Å². The average Bonchev–Trinajstić information content (AvgIpc) is 3.58. The highest BCUT2D eigenvalue weighted by Gasteiger charge is 2.70. The minimum Gasteiger partial charge on any atom is -0.507 e. The van der Waals surface area contributed by atoms with Crippen LogP contribution in [-0.4, -0.2) is 45.8 Å². The number of pyridine rings is 1. The molecule has 2 aliphatic heterocycles. The Labute approximate surface area is 333 Å². The number of allylic oxidation sites excluding steroid dienone is 2. The van der Waals surface area contributed by atoms with E-state index >= 15 is 9.59 Å². The number of aromatic nitrogens is 1. The third-order valence-electron chi connectivity index (χ3n) is 12.1. The van der Waals surface area contributed by atoms with E-state index in [-0.39, 0.29) is 29.3 Å². The predicted octanol–water partition coefficient (Wildman–Crippen LogP) is 8.48. The zero-order valence-corrected chi connectivity index (χ0v) is 31.5. The molecule has 4 amide bonds. The molecule has 0 radical (unpaired) electrons. The van der Waals surface area contributed by atoms with E-state index in [9.17, 15) is 27.9 Å². The van der Waals surface area contributed by atoms with Crippen LogP contribution < -0.4 is 9.91 Å². The Morgan fingerprint density at radius 1 is 0.842 bits per heavy atom. The molecule has 1 aromatic heterocycles. The Morgan fingerprint density at radius 3 is 2.32 bits per heavy atom. The maximum Gasteiger partial charge on any atom is 0.433 e. The largest absolute Gasteiger partial charge is 0.507 e. The molecular weight excluding hydrogens is 780 g/mol. The third kappa shape index (κ3) is 5.33. The number of rotatable bonds is 5. The van der Waals surface area contributed by atoms with Gasteiger partial charge in [0.05, 0.1) is 33.9 Å². The number of imide groups is 2. The summed E-state index contributed by atoms with van der Waals surface area (Å²) in [5.41, 5.74) is -1.16. The number of nitrogens with zero attached hydrogens (tertiary/aromatic N) is 4. The first-order chi connectivity index (χ1) is 27.2.